The van der Waals surface area contributed by atoms with Crippen molar-refractivity contribution in [2.75, 3.05) is 12.4 Å². The van der Waals surface area contributed by atoms with Gasteiger partial charge in [-0.1, -0.05) is 26.0 Å². The number of methoxy groups -OCH3 is 1. The van der Waals surface area contributed by atoms with Crippen LogP contribution in [0.15, 0.2) is 48.8 Å². The minimum absolute atomic E-state index is 0.0696. The molecule has 0 saturated heterocycles. The number of carbonyl (C=O) groups is 1. The van der Waals surface area contributed by atoms with Gasteiger partial charge in [-0.2, -0.15) is 4.57 Å². The molecule has 1 aromatic carbocycles. The van der Waals surface area contributed by atoms with Crippen LogP contribution >= 0.6 is 0 Å². The third-order valence-electron chi connectivity index (χ3n) is 4.53. The van der Waals surface area contributed by atoms with E-state index in [1.165, 1.54) is 5.56 Å². The van der Waals surface area contributed by atoms with E-state index in [0.717, 1.165) is 12.8 Å². The Hall–Kier alpha value is -2.36. The summed E-state index contributed by atoms with van der Waals surface area (Å²) < 4.78 is 7.20. The molecule has 4 heteroatoms. The fourth-order valence-corrected chi connectivity index (χ4v) is 2.86. The van der Waals surface area contributed by atoms with Crippen molar-refractivity contribution in [1.82, 2.24) is 0 Å². The lowest BCUT2D eigenvalue weighted by Crippen LogP contribution is -2.44. The lowest BCUT2D eigenvalue weighted by molar-refractivity contribution is -0.705. The molecule has 1 N–H and O–H groups in total. The predicted octanol–water partition coefficient (Wildman–Crippen LogP) is 4.09. The number of amides is 1. The Kier molecular flexibility index (Phi) is 6.36. The van der Waals surface area contributed by atoms with Gasteiger partial charge in [0.1, 0.15) is 5.75 Å². The third kappa shape index (κ3) is 4.13. The van der Waals surface area contributed by atoms with E-state index >= 15 is 0 Å². The van der Waals surface area contributed by atoms with Crippen molar-refractivity contribution in [3.63, 3.8) is 0 Å². The van der Waals surface area contributed by atoms with Gasteiger partial charge in [0, 0.05) is 19.1 Å². The highest BCUT2D eigenvalue weighted by atomic mass is 16.5. The summed E-state index contributed by atoms with van der Waals surface area (Å²) in [6.45, 7) is 6.30. The van der Waals surface area contributed by atoms with Crippen molar-refractivity contribution in [3.05, 3.63) is 54.4 Å². The van der Waals surface area contributed by atoms with E-state index in [1.807, 2.05) is 48.1 Å². The minimum atomic E-state index is -0.300. The Morgan fingerprint density at radius 1 is 1.12 bits per heavy atom. The molecule has 0 spiro atoms. The molecule has 2 aromatic rings. The van der Waals surface area contributed by atoms with Crippen LogP contribution in [0.2, 0.25) is 0 Å². The number of hydrogen-bond acceptors (Lipinski definition) is 2. The molecule has 128 valence electrons. The number of nitrogens with one attached hydrogen (secondary N) is 1. The average molecular weight is 327 g/mol. The first-order valence-electron chi connectivity index (χ1n) is 8.55. The highest BCUT2D eigenvalue weighted by molar-refractivity contribution is 5.93. The number of pyridine rings is 1. The van der Waals surface area contributed by atoms with Gasteiger partial charge in [-0.05, 0) is 36.5 Å². The first-order valence-corrected chi connectivity index (χ1v) is 8.55. The molecule has 0 saturated carbocycles. The number of benzene rings is 1. The molecule has 0 fully saturated rings. The van der Waals surface area contributed by atoms with Crippen LogP contribution in [0.1, 0.15) is 51.1 Å². The second-order valence-corrected chi connectivity index (χ2v) is 5.96. The Morgan fingerprint density at radius 2 is 1.75 bits per heavy atom. The summed E-state index contributed by atoms with van der Waals surface area (Å²) in [5.74, 6) is 1.17. The zero-order valence-corrected chi connectivity index (χ0v) is 15.0. The number of aromatic nitrogens is 1. The number of nitrogens with zero attached hydrogens (tertiary/aromatic N) is 1. The fraction of sp³-hybridized carbons (Fsp3) is 0.400. The van der Waals surface area contributed by atoms with Gasteiger partial charge in [0.2, 0.25) is 6.04 Å². The van der Waals surface area contributed by atoms with Crippen molar-refractivity contribution in [2.24, 2.45) is 0 Å². The Balaban J connectivity index is 2.10. The smallest absolute Gasteiger partial charge is 0.293 e. The van der Waals surface area contributed by atoms with Crippen LogP contribution in [-0.2, 0) is 4.79 Å². The van der Waals surface area contributed by atoms with E-state index in [4.69, 9.17) is 4.74 Å². The van der Waals surface area contributed by atoms with Gasteiger partial charge < -0.3 is 10.1 Å². The van der Waals surface area contributed by atoms with Crippen molar-refractivity contribution < 1.29 is 14.1 Å². The Labute approximate surface area is 144 Å². The van der Waals surface area contributed by atoms with Crippen molar-refractivity contribution >= 4 is 11.6 Å². The Bertz CT molecular complexity index is 664. The van der Waals surface area contributed by atoms with E-state index < -0.39 is 0 Å². The molecule has 24 heavy (non-hydrogen) atoms. The van der Waals surface area contributed by atoms with E-state index in [2.05, 4.69) is 31.3 Å². The van der Waals surface area contributed by atoms with Crippen molar-refractivity contribution in [1.29, 1.82) is 0 Å². The maximum atomic E-state index is 12.5. The molecule has 1 atom stereocenters. The van der Waals surface area contributed by atoms with Gasteiger partial charge in [-0.3, -0.25) is 4.79 Å². The molecule has 0 aliphatic rings. The van der Waals surface area contributed by atoms with Crippen LogP contribution in [-0.4, -0.2) is 13.0 Å². The van der Waals surface area contributed by atoms with Crippen LogP contribution in [0.5, 0.6) is 5.75 Å². The third-order valence-corrected chi connectivity index (χ3v) is 4.53. The van der Waals surface area contributed by atoms with E-state index in [1.54, 1.807) is 7.11 Å². The maximum absolute atomic E-state index is 12.5. The summed E-state index contributed by atoms with van der Waals surface area (Å²) in [5, 5.41) is 2.93. The predicted molar refractivity (Wildman–Crippen MR) is 96.3 cm³/mol. The van der Waals surface area contributed by atoms with Crippen molar-refractivity contribution in [2.45, 2.75) is 45.6 Å². The molecule has 1 heterocycles. The number of anilines is 1. The first-order chi connectivity index (χ1) is 11.6. The molecular weight excluding hydrogens is 300 g/mol. The van der Waals surface area contributed by atoms with Gasteiger partial charge in [0.05, 0.1) is 12.8 Å². The number of para-hydroxylation sites is 2. The number of hydrogen-bond donors (Lipinski definition) is 1. The zero-order chi connectivity index (χ0) is 17.5. The zero-order valence-electron chi connectivity index (χ0n) is 15.0. The number of carbonyl (C=O) groups excluding carboxylic acids is 1. The monoisotopic (exact) mass is 327 g/mol. The lowest BCUT2D eigenvalue weighted by atomic mass is 9.95. The highest BCUT2D eigenvalue weighted by Gasteiger charge is 2.23. The SMILES string of the molecule is CCC(CC)c1cc[n+]([C@@H](C)C(=O)Nc2ccccc2OC)cc1. The van der Waals surface area contributed by atoms with Gasteiger partial charge in [0.25, 0.3) is 5.91 Å². The quantitative estimate of drug-likeness (QED) is 0.778. The van der Waals surface area contributed by atoms with Crippen molar-refractivity contribution in [3.8, 4) is 5.75 Å². The van der Waals surface area contributed by atoms with Gasteiger partial charge in [-0.15, -0.1) is 0 Å². The molecule has 0 bridgehead atoms. The molecule has 2 rings (SSSR count). The molecule has 0 unspecified atom stereocenters. The maximum Gasteiger partial charge on any atom is 0.293 e. The molecule has 0 radical (unpaired) electrons. The van der Waals surface area contributed by atoms with Crippen LogP contribution in [0.25, 0.3) is 0 Å². The average Bonchev–Trinajstić information content (AvgIpc) is 2.63. The highest BCUT2D eigenvalue weighted by Crippen LogP contribution is 2.24. The fourth-order valence-electron chi connectivity index (χ4n) is 2.86. The molecule has 0 aliphatic heterocycles. The standard InChI is InChI=1S/C20H26N2O2/c1-5-16(6-2)17-11-13-22(14-12-17)15(3)20(23)21-18-9-7-8-10-19(18)24-4/h7-16H,5-6H2,1-4H3/p+1/t15-/m0/s1. The number of ether oxygens (including phenoxy) is 1. The minimum Gasteiger partial charge on any atom is -0.495 e. The molecular formula is C20H27N2O2+. The molecule has 0 aliphatic carbocycles. The van der Waals surface area contributed by atoms with Gasteiger partial charge >= 0.3 is 0 Å². The molecule has 1 amide bonds. The summed E-state index contributed by atoms with van der Waals surface area (Å²) in [5.41, 5.74) is 2.01. The first kappa shape index (κ1) is 18.0. The van der Waals surface area contributed by atoms with Crippen LogP contribution in [0, 0.1) is 0 Å². The summed E-state index contributed by atoms with van der Waals surface area (Å²) in [6.07, 6.45) is 6.23. The van der Waals surface area contributed by atoms with E-state index in [9.17, 15) is 4.79 Å². The van der Waals surface area contributed by atoms with E-state index in [-0.39, 0.29) is 11.9 Å². The lowest BCUT2D eigenvalue weighted by Gasteiger charge is -2.14. The van der Waals surface area contributed by atoms with Crippen LogP contribution in [0.4, 0.5) is 5.69 Å². The Morgan fingerprint density at radius 3 is 2.33 bits per heavy atom. The topological polar surface area (TPSA) is 42.2 Å². The van der Waals surface area contributed by atoms with E-state index in [0.29, 0.717) is 17.4 Å². The largest absolute Gasteiger partial charge is 0.495 e. The summed E-state index contributed by atoms with van der Waals surface area (Å²) in [4.78, 5) is 12.5. The summed E-state index contributed by atoms with van der Waals surface area (Å²) in [6, 6.07) is 11.4. The van der Waals surface area contributed by atoms with Crippen LogP contribution in [0.3, 0.4) is 0 Å². The van der Waals surface area contributed by atoms with Gasteiger partial charge in [-0.25, -0.2) is 0 Å². The second kappa shape index (κ2) is 8.48. The molecule has 1 aromatic heterocycles. The normalized spacial score (nSPS) is 12.0. The second-order valence-electron chi connectivity index (χ2n) is 5.96. The van der Waals surface area contributed by atoms with Gasteiger partial charge in [0.15, 0.2) is 12.4 Å². The number of rotatable bonds is 7. The van der Waals surface area contributed by atoms with Crippen LogP contribution < -0.4 is 14.6 Å². The molecule has 4 nitrogen and oxygen atoms in total. The summed E-state index contributed by atoms with van der Waals surface area (Å²) >= 11 is 0. The summed E-state index contributed by atoms with van der Waals surface area (Å²) in [7, 11) is 1.60.